The lowest BCUT2D eigenvalue weighted by molar-refractivity contribution is 1.06. The standard InChI is InChI=1S/C12H12Cl/c13-12-7-5-11(6-8-12)9-10-3-1-2-4-10/h3-5,7-9H,1-2,6H2/q+1/b11-9-. The van der Waals surface area contributed by atoms with E-state index in [0.717, 1.165) is 11.5 Å². The van der Waals surface area contributed by atoms with Crippen LogP contribution < -0.4 is 0 Å². The maximum Gasteiger partial charge on any atom is 0.125 e. The van der Waals surface area contributed by atoms with Gasteiger partial charge in [-0.3, -0.25) is 0 Å². The van der Waals surface area contributed by atoms with Crippen molar-refractivity contribution < 1.29 is 0 Å². The van der Waals surface area contributed by atoms with Crippen molar-refractivity contribution in [2.45, 2.75) is 19.3 Å². The maximum atomic E-state index is 5.82. The molecule has 0 heterocycles. The van der Waals surface area contributed by atoms with Gasteiger partial charge in [0.15, 0.2) is 0 Å². The van der Waals surface area contributed by atoms with Gasteiger partial charge < -0.3 is 0 Å². The molecule has 2 rings (SSSR count). The van der Waals surface area contributed by atoms with Crippen molar-refractivity contribution in [2.24, 2.45) is 0 Å². The third-order valence-electron chi connectivity index (χ3n) is 2.27. The van der Waals surface area contributed by atoms with Gasteiger partial charge in [0.05, 0.1) is 0 Å². The molecule has 2 aliphatic rings. The Labute approximate surface area is 84.3 Å². The zero-order valence-electron chi connectivity index (χ0n) is 7.46. The topological polar surface area (TPSA) is 0 Å². The maximum absolute atomic E-state index is 5.82. The Morgan fingerprint density at radius 1 is 1.31 bits per heavy atom. The predicted octanol–water partition coefficient (Wildman–Crippen LogP) is 3.92. The number of rotatable bonds is 1. The van der Waals surface area contributed by atoms with Crippen LogP contribution in [0.2, 0.25) is 0 Å². The highest BCUT2D eigenvalue weighted by molar-refractivity contribution is 6.31. The summed E-state index contributed by atoms with van der Waals surface area (Å²) in [6.07, 6.45) is 16.2. The van der Waals surface area contributed by atoms with Gasteiger partial charge in [0.2, 0.25) is 0 Å². The van der Waals surface area contributed by atoms with Crippen LogP contribution in [0.3, 0.4) is 0 Å². The molecule has 0 unspecified atom stereocenters. The first-order valence-electron chi connectivity index (χ1n) is 4.62. The zero-order valence-corrected chi connectivity index (χ0v) is 8.22. The fourth-order valence-electron chi connectivity index (χ4n) is 1.56. The Kier molecular flexibility index (Phi) is 2.60. The lowest BCUT2D eigenvalue weighted by Crippen LogP contribution is -1.84. The van der Waals surface area contributed by atoms with Gasteiger partial charge in [0, 0.05) is 48.4 Å². The number of hydrogen-bond acceptors (Lipinski definition) is 0. The van der Waals surface area contributed by atoms with E-state index in [-0.39, 0.29) is 0 Å². The normalized spacial score (nSPS) is 24.2. The number of allylic oxidation sites excluding steroid dienone is 8. The molecule has 1 heteroatoms. The first-order chi connectivity index (χ1) is 6.34. The summed E-state index contributed by atoms with van der Waals surface area (Å²) in [4.78, 5) is 0. The van der Waals surface area contributed by atoms with E-state index >= 15 is 0 Å². The molecule has 0 nitrogen and oxygen atoms in total. The summed E-state index contributed by atoms with van der Waals surface area (Å²) in [6, 6.07) is 0. The molecule has 0 spiro atoms. The Bertz CT molecular complexity index is 316. The minimum Gasteiger partial charge on any atom is -0.0847 e. The van der Waals surface area contributed by atoms with Crippen molar-refractivity contribution >= 4 is 11.6 Å². The largest absolute Gasteiger partial charge is 0.125 e. The van der Waals surface area contributed by atoms with Gasteiger partial charge in [-0.25, -0.2) is 0 Å². The highest BCUT2D eigenvalue weighted by Crippen LogP contribution is 2.23. The highest BCUT2D eigenvalue weighted by Gasteiger charge is 2.12. The van der Waals surface area contributed by atoms with E-state index in [9.17, 15) is 0 Å². The second-order valence-corrected chi connectivity index (χ2v) is 3.77. The third kappa shape index (κ3) is 2.28. The fraction of sp³-hybridized carbons (Fsp3) is 0.250. The molecule has 0 radical (unpaired) electrons. The van der Waals surface area contributed by atoms with Gasteiger partial charge >= 0.3 is 0 Å². The molecule has 2 aliphatic carbocycles. The molecule has 0 fully saturated rings. The van der Waals surface area contributed by atoms with Crippen LogP contribution in [0.1, 0.15) is 19.3 Å². The molecule has 0 atom stereocenters. The van der Waals surface area contributed by atoms with E-state index in [1.54, 1.807) is 0 Å². The van der Waals surface area contributed by atoms with Gasteiger partial charge in [0.25, 0.3) is 0 Å². The molecule has 66 valence electrons. The van der Waals surface area contributed by atoms with Crippen LogP contribution in [0.4, 0.5) is 0 Å². The van der Waals surface area contributed by atoms with Crippen molar-refractivity contribution in [3.63, 3.8) is 0 Å². The molecule has 0 bridgehead atoms. The first-order valence-corrected chi connectivity index (χ1v) is 5.00. The van der Waals surface area contributed by atoms with Crippen molar-refractivity contribution in [2.75, 3.05) is 0 Å². The smallest absolute Gasteiger partial charge is 0.0847 e. The molecule has 0 saturated heterocycles. The predicted molar refractivity (Wildman–Crippen MR) is 57.4 cm³/mol. The molecule has 0 aromatic rings. The van der Waals surface area contributed by atoms with Crippen molar-refractivity contribution in [1.82, 2.24) is 0 Å². The van der Waals surface area contributed by atoms with Gasteiger partial charge in [0.1, 0.15) is 5.57 Å². The Hall–Kier alpha value is -0.880. The van der Waals surface area contributed by atoms with Crippen LogP contribution in [0.25, 0.3) is 0 Å². The molecule has 0 aromatic heterocycles. The quantitative estimate of drug-likeness (QED) is 0.551. The fourth-order valence-corrected chi connectivity index (χ4v) is 1.70. The molecule has 0 aromatic carbocycles. The van der Waals surface area contributed by atoms with Crippen molar-refractivity contribution in [1.29, 1.82) is 0 Å². The van der Waals surface area contributed by atoms with E-state index < -0.39 is 0 Å². The van der Waals surface area contributed by atoms with Gasteiger partial charge in [-0.2, -0.15) is 0 Å². The summed E-state index contributed by atoms with van der Waals surface area (Å²) < 4.78 is 0. The van der Waals surface area contributed by atoms with E-state index in [1.807, 2.05) is 12.2 Å². The average Bonchev–Trinajstić information content (AvgIpc) is 2.62. The summed E-state index contributed by atoms with van der Waals surface area (Å²) in [5, 5.41) is 0.849. The zero-order chi connectivity index (χ0) is 9.10. The number of halogens is 1. The van der Waals surface area contributed by atoms with Crippen molar-refractivity contribution in [3.8, 4) is 0 Å². The second-order valence-electron chi connectivity index (χ2n) is 3.33. The summed E-state index contributed by atoms with van der Waals surface area (Å²) in [7, 11) is 0. The van der Waals surface area contributed by atoms with Crippen LogP contribution >= 0.6 is 11.6 Å². The van der Waals surface area contributed by atoms with Crippen LogP contribution in [-0.4, -0.2) is 0 Å². The molecule has 0 saturated carbocycles. The van der Waals surface area contributed by atoms with Crippen LogP contribution in [0.5, 0.6) is 0 Å². The molecular weight excluding hydrogens is 180 g/mol. The summed E-state index contributed by atoms with van der Waals surface area (Å²) >= 11 is 5.82. The average molecular weight is 192 g/mol. The summed E-state index contributed by atoms with van der Waals surface area (Å²) in [5.74, 6) is 0. The molecule has 0 aliphatic heterocycles. The summed E-state index contributed by atoms with van der Waals surface area (Å²) in [5.41, 5.74) is 2.71. The number of hydrogen-bond donors (Lipinski definition) is 0. The van der Waals surface area contributed by atoms with E-state index in [4.69, 9.17) is 11.6 Å². The highest BCUT2D eigenvalue weighted by atomic mass is 35.5. The first kappa shape index (κ1) is 8.71. The SMILES string of the molecule is ClC1=CC/C(=C\C2=CCC[CH+]2)C=C1. The third-order valence-corrected chi connectivity index (χ3v) is 2.55. The van der Waals surface area contributed by atoms with Crippen LogP contribution in [0.15, 0.2) is 46.6 Å². The minimum atomic E-state index is 0.849. The van der Waals surface area contributed by atoms with Crippen molar-refractivity contribution in [3.05, 3.63) is 53.0 Å². The van der Waals surface area contributed by atoms with E-state index in [2.05, 4.69) is 24.6 Å². The van der Waals surface area contributed by atoms with Gasteiger partial charge in [-0.15, -0.1) is 0 Å². The Morgan fingerprint density at radius 3 is 2.85 bits per heavy atom. The Morgan fingerprint density at radius 2 is 2.23 bits per heavy atom. The lowest BCUT2D eigenvalue weighted by Gasteiger charge is -2.00. The molecule has 13 heavy (non-hydrogen) atoms. The van der Waals surface area contributed by atoms with Crippen LogP contribution in [0, 0.1) is 6.42 Å². The van der Waals surface area contributed by atoms with E-state index in [1.165, 1.54) is 24.0 Å². The van der Waals surface area contributed by atoms with Crippen LogP contribution in [-0.2, 0) is 0 Å². The van der Waals surface area contributed by atoms with E-state index in [0.29, 0.717) is 0 Å². The van der Waals surface area contributed by atoms with Gasteiger partial charge in [-0.1, -0.05) is 17.7 Å². The Balaban J connectivity index is 2.06. The molecular formula is C12H12Cl+. The second kappa shape index (κ2) is 3.89. The van der Waals surface area contributed by atoms with Gasteiger partial charge in [-0.05, 0) is 12.2 Å². The summed E-state index contributed by atoms with van der Waals surface area (Å²) in [6.45, 7) is 0. The minimum absolute atomic E-state index is 0.849. The molecule has 0 N–H and O–H groups in total. The lowest BCUT2D eigenvalue weighted by atomic mass is 10.0. The monoisotopic (exact) mass is 191 g/mol. The molecule has 0 amide bonds.